The Morgan fingerprint density at radius 1 is 1.44 bits per heavy atom. The van der Waals surface area contributed by atoms with E-state index in [-0.39, 0.29) is 0 Å². The largest absolute Gasteiger partial charge is 0.412 e. The van der Waals surface area contributed by atoms with Gasteiger partial charge in [-0.1, -0.05) is 34.7 Å². The number of hydrogen-bond acceptors (Lipinski definition) is 3. The Labute approximate surface area is 122 Å². The molecule has 0 bridgehead atoms. The van der Waals surface area contributed by atoms with Gasteiger partial charge in [-0.15, -0.1) is 0 Å². The topological polar surface area (TPSA) is 41.6 Å². The number of anilines is 1. The van der Waals surface area contributed by atoms with Gasteiger partial charge in [0.15, 0.2) is 5.75 Å². The van der Waals surface area contributed by atoms with Crippen LogP contribution in [0.2, 0.25) is 0 Å². The average Bonchev–Trinajstić information content (AvgIpc) is 2.41. The number of aryl methyl sites for hydroxylation is 1. The molecule has 0 aromatic heterocycles. The third-order valence-corrected chi connectivity index (χ3v) is 2.81. The van der Waals surface area contributed by atoms with Gasteiger partial charge in [-0.3, -0.25) is 0 Å². The summed E-state index contributed by atoms with van der Waals surface area (Å²) >= 11 is 2.15. The molecule has 1 aromatic carbocycles. The van der Waals surface area contributed by atoms with Crippen LogP contribution < -0.4 is 15.0 Å². The summed E-state index contributed by atoms with van der Waals surface area (Å²) < 4.78 is 5.24. The second-order valence-corrected chi connectivity index (χ2v) is 3.93. The van der Waals surface area contributed by atoms with E-state index in [1.54, 1.807) is 7.05 Å². The number of fused-ring (bicyclic) bond motifs is 1. The van der Waals surface area contributed by atoms with Gasteiger partial charge in [0.1, 0.15) is 0 Å². The highest BCUT2D eigenvalue weighted by atomic mass is 127. The van der Waals surface area contributed by atoms with Crippen LogP contribution in [0, 0.1) is 0 Å². The van der Waals surface area contributed by atoms with Crippen LogP contribution in [0.25, 0.3) is 0 Å². The molecule has 0 atom stereocenters. The van der Waals surface area contributed by atoms with Crippen LogP contribution in [0.5, 0.6) is 5.75 Å². The van der Waals surface area contributed by atoms with Crippen molar-refractivity contribution >= 4 is 34.4 Å². The molecule has 18 heavy (non-hydrogen) atoms. The van der Waals surface area contributed by atoms with Gasteiger partial charge in [0, 0.05) is 20.6 Å². The van der Waals surface area contributed by atoms with Gasteiger partial charge in [0.25, 0.3) is 0 Å². The predicted molar refractivity (Wildman–Crippen MR) is 83.1 cm³/mol. The van der Waals surface area contributed by atoms with E-state index in [4.69, 9.17) is 4.74 Å². The highest BCUT2D eigenvalue weighted by molar-refractivity contribution is 14.1. The van der Waals surface area contributed by atoms with Crippen molar-refractivity contribution in [3.63, 3.8) is 0 Å². The van der Waals surface area contributed by atoms with E-state index in [0.717, 1.165) is 25.1 Å². The van der Waals surface area contributed by atoms with Crippen molar-refractivity contribution in [3.05, 3.63) is 23.8 Å². The summed E-state index contributed by atoms with van der Waals surface area (Å²) in [6, 6.07) is 5.84. The number of para-hydroxylation sites is 1. The minimum absolute atomic E-state index is 0.424. The van der Waals surface area contributed by atoms with E-state index in [9.17, 15) is 4.79 Å². The molecule has 5 heteroatoms. The highest BCUT2D eigenvalue weighted by Gasteiger charge is 2.19. The van der Waals surface area contributed by atoms with Crippen molar-refractivity contribution in [2.45, 2.75) is 12.8 Å². The third kappa shape index (κ3) is 3.51. The molecule has 0 saturated heterocycles. The van der Waals surface area contributed by atoms with Crippen LogP contribution >= 0.6 is 22.6 Å². The smallest absolute Gasteiger partial charge is 0.408 e. The molecule has 1 amide bonds. The van der Waals surface area contributed by atoms with Crippen molar-refractivity contribution in [3.8, 4) is 5.75 Å². The lowest BCUT2D eigenvalue weighted by atomic mass is 10.0. The summed E-state index contributed by atoms with van der Waals surface area (Å²) in [5.41, 5.74) is 2.28. The molecular weight excluding hydrogens is 343 g/mol. The van der Waals surface area contributed by atoms with Crippen LogP contribution in [0.1, 0.15) is 12.0 Å². The number of rotatable bonds is 1. The zero-order valence-corrected chi connectivity index (χ0v) is 13.2. The molecule has 0 radical (unpaired) electrons. The number of alkyl halides is 1. The fraction of sp³-hybridized carbons (Fsp3) is 0.462. The van der Waals surface area contributed by atoms with Gasteiger partial charge in [-0.2, -0.15) is 0 Å². The van der Waals surface area contributed by atoms with Gasteiger partial charge in [0.05, 0.1) is 5.69 Å². The lowest BCUT2D eigenvalue weighted by Gasteiger charge is -2.28. The number of nitrogens with one attached hydrogen (secondary N) is 1. The molecular formula is C13H19IN2O2. The van der Waals surface area contributed by atoms with Crippen molar-refractivity contribution in [1.82, 2.24) is 5.32 Å². The maximum Gasteiger partial charge on any atom is 0.412 e. The Morgan fingerprint density at radius 3 is 2.83 bits per heavy atom. The lowest BCUT2D eigenvalue weighted by molar-refractivity contribution is 0.203. The Balaban J connectivity index is 0.000000771. The van der Waals surface area contributed by atoms with Gasteiger partial charge in [-0.05, 0) is 29.4 Å². The van der Waals surface area contributed by atoms with Crippen molar-refractivity contribution in [2.75, 3.05) is 30.5 Å². The fourth-order valence-electron chi connectivity index (χ4n) is 2.05. The molecule has 1 aliphatic rings. The second kappa shape index (κ2) is 7.45. The molecule has 0 fully saturated rings. The summed E-state index contributed by atoms with van der Waals surface area (Å²) in [6.45, 7) is 1.00. The monoisotopic (exact) mass is 362 g/mol. The fourth-order valence-corrected chi connectivity index (χ4v) is 2.05. The first-order valence-corrected chi connectivity index (χ1v) is 7.98. The minimum atomic E-state index is -0.424. The normalized spacial score (nSPS) is 13.0. The zero-order chi connectivity index (χ0) is 13.5. The standard InChI is InChI=1S/C12H16N2O2.CH3I/c1-13-12(15)16-10-7-3-5-9-6-4-8-14(2)11(9)10;1-2/h3,5,7H,4,6,8H2,1-2H3,(H,13,15);1H3. The van der Waals surface area contributed by atoms with Crippen LogP contribution in [0.3, 0.4) is 0 Å². The summed E-state index contributed by atoms with van der Waals surface area (Å²) in [5.74, 6) is 0.638. The Kier molecular flexibility index (Phi) is 6.24. The number of halogens is 1. The average molecular weight is 362 g/mol. The van der Waals surface area contributed by atoms with Gasteiger partial charge < -0.3 is 15.0 Å². The third-order valence-electron chi connectivity index (χ3n) is 2.81. The van der Waals surface area contributed by atoms with E-state index < -0.39 is 6.09 Å². The molecule has 0 saturated carbocycles. The van der Waals surface area contributed by atoms with E-state index in [1.807, 2.05) is 24.1 Å². The second-order valence-electron chi connectivity index (χ2n) is 3.93. The molecule has 0 unspecified atom stereocenters. The number of carbonyl (C=O) groups excluding carboxylic acids is 1. The van der Waals surface area contributed by atoms with Crippen LogP contribution in [-0.2, 0) is 6.42 Å². The van der Waals surface area contributed by atoms with E-state index in [2.05, 4.69) is 38.9 Å². The molecule has 0 spiro atoms. The molecule has 1 aliphatic heterocycles. The number of carbonyl (C=O) groups is 1. The molecule has 0 aliphatic carbocycles. The predicted octanol–water partition coefficient (Wildman–Crippen LogP) is 2.84. The summed E-state index contributed by atoms with van der Waals surface area (Å²) in [4.78, 5) is 15.3. The number of hydrogen-bond donors (Lipinski definition) is 1. The maximum absolute atomic E-state index is 11.2. The number of nitrogens with zero attached hydrogens (tertiary/aromatic N) is 1. The van der Waals surface area contributed by atoms with E-state index in [0.29, 0.717) is 5.75 Å². The molecule has 4 nitrogen and oxygen atoms in total. The van der Waals surface area contributed by atoms with Gasteiger partial charge in [-0.25, -0.2) is 4.79 Å². The van der Waals surface area contributed by atoms with E-state index in [1.165, 1.54) is 5.56 Å². The van der Waals surface area contributed by atoms with Crippen molar-refractivity contribution < 1.29 is 9.53 Å². The minimum Gasteiger partial charge on any atom is -0.408 e. The quantitative estimate of drug-likeness (QED) is 0.617. The Hall–Kier alpha value is -0.980. The van der Waals surface area contributed by atoms with Gasteiger partial charge >= 0.3 is 6.09 Å². The molecule has 100 valence electrons. The highest BCUT2D eigenvalue weighted by Crippen LogP contribution is 2.35. The van der Waals surface area contributed by atoms with Crippen LogP contribution in [0.15, 0.2) is 18.2 Å². The van der Waals surface area contributed by atoms with Crippen LogP contribution in [0.4, 0.5) is 10.5 Å². The Bertz CT molecular complexity index is 410. The van der Waals surface area contributed by atoms with Crippen molar-refractivity contribution in [2.24, 2.45) is 0 Å². The van der Waals surface area contributed by atoms with Crippen LogP contribution in [-0.4, -0.2) is 31.7 Å². The first kappa shape index (κ1) is 15.1. The number of benzene rings is 1. The van der Waals surface area contributed by atoms with Crippen molar-refractivity contribution in [1.29, 1.82) is 0 Å². The molecule has 1 N–H and O–H groups in total. The summed E-state index contributed by atoms with van der Waals surface area (Å²) in [6.07, 6.45) is 1.77. The first-order valence-electron chi connectivity index (χ1n) is 5.82. The molecule has 2 rings (SSSR count). The van der Waals surface area contributed by atoms with E-state index >= 15 is 0 Å². The SMILES string of the molecule is CI.CNC(=O)Oc1cccc2c1N(C)CCC2. The number of ether oxygens (including phenoxy) is 1. The van der Waals surface area contributed by atoms with Gasteiger partial charge in [0.2, 0.25) is 0 Å². The lowest BCUT2D eigenvalue weighted by Crippen LogP contribution is -2.27. The Morgan fingerprint density at radius 2 is 2.17 bits per heavy atom. The molecule has 1 heterocycles. The first-order chi connectivity index (χ1) is 8.72. The summed E-state index contributed by atoms with van der Waals surface area (Å²) in [5, 5.41) is 2.46. The maximum atomic E-state index is 11.2. The number of amides is 1. The summed E-state index contributed by atoms with van der Waals surface area (Å²) in [7, 11) is 3.58. The molecule has 1 aromatic rings. The zero-order valence-electron chi connectivity index (χ0n) is 11.0.